The zero-order chi connectivity index (χ0) is 12.1. The van der Waals surface area contributed by atoms with Gasteiger partial charge >= 0.3 is 0 Å². The van der Waals surface area contributed by atoms with Crippen LogP contribution in [0, 0.1) is 0 Å². The fraction of sp³-hybridized carbons (Fsp3) is 0. The highest BCUT2D eigenvalue weighted by atomic mass is 16.4. The van der Waals surface area contributed by atoms with Crippen LogP contribution in [0.15, 0.2) is 62.4 Å². The van der Waals surface area contributed by atoms with Gasteiger partial charge in [0.25, 0.3) is 0 Å². The Morgan fingerprint density at radius 2 is 1.78 bits per heavy atom. The lowest BCUT2D eigenvalue weighted by Gasteiger charge is -2.01. The molecule has 0 fully saturated rings. The summed E-state index contributed by atoms with van der Waals surface area (Å²) in [4.78, 5) is 11.9. The Hall–Kier alpha value is -2.55. The smallest absolute Gasteiger partial charge is 0.193 e. The van der Waals surface area contributed by atoms with Gasteiger partial charge in [-0.15, -0.1) is 0 Å². The molecule has 1 aliphatic carbocycles. The molecule has 86 valence electrons. The summed E-state index contributed by atoms with van der Waals surface area (Å²) in [6.07, 6.45) is 1.64. The van der Waals surface area contributed by atoms with E-state index in [2.05, 4.69) is 0 Å². The molecule has 0 saturated heterocycles. The van der Waals surface area contributed by atoms with Crippen molar-refractivity contribution in [3.8, 4) is 11.3 Å². The molecule has 0 bridgehead atoms. The second-order valence-corrected chi connectivity index (χ2v) is 4.21. The van der Waals surface area contributed by atoms with Crippen LogP contribution in [0.2, 0.25) is 0 Å². The Kier molecular flexibility index (Phi) is 1.70. The lowest BCUT2D eigenvalue weighted by Crippen LogP contribution is -2.02. The molecule has 2 aliphatic rings. The topological polar surface area (TPSA) is 43.4 Å². The predicted octanol–water partition coefficient (Wildman–Crippen LogP) is 3.64. The van der Waals surface area contributed by atoms with Crippen LogP contribution < -0.4 is 5.43 Å². The van der Waals surface area contributed by atoms with Crippen LogP contribution in [-0.4, -0.2) is 0 Å². The molecule has 1 aliphatic heterocycles. The first-order valence-electron chi connectivity index (χ1n) is 5.66. The summed E-state index contributed by atoms with van der Waals surface area (Å²) in [6, 6.07) is 12.6. The van der Waals surface area contributed by atoms with E-state index >= 15 is 0 Å². The molecule has 0 amide bonds. The van der Waals surface area contributed by atoms with Gasteiger partial charge in [0.2, 0.25) is 0 Å². The van der Waals surface area contributed by atoms with Crippen molar-refractivity contribution >= 4 is 21.9 Å². The zero-order valence-corrected chi connectivity index (χ0v) is 9.34. The molecule has 0 saturated carbocycles. The lowest BCUT2D eigenvalue weighted by molar-refractivity contribution is 0.567. The molecule has 2 aromatic rings. The van der Waals surface area contributed by atoms with Crippen LogP contribution in [0.3, 0.4) is 0 Å². The van der Waals surface area contributed by atoms with Crippen molar-refractivity contribution < 1.29 is 8.83 Å². The van der Waals surface area contributed by atoms with Gasteiger partial charge in [0, 0.05) is 5.39 Å². The quantitative estimate of drug-likeness (QED) is 0.468. The number of fused-ring (bicyclic) bond motifs is 5. The molecule has 3 nitrogen and oxygen atoms in total. The van der Waals surface area contributed by atoms with Gasteiger partial charge in [-0.25, -0.2) is 0 Å². The van der Waals surface area contributed by atoms with Gasteiger partial charge in [-0.1, -0.05) is 24.3 Å². The fourth-order valence-electron chi connectivity index (χ4n) is 2.32. The number of rotatable bonds is 0. The van der Waals surface area contributed by atoms with Gasteiger partial charge in [-0.05, 0) is 18.2 Å². The lowest BCUT2D eigenvalue weighted by atomic mass is 10.1. The molecule has 1 aromatic carbocycles. The zero-order valence-electron chi connectivity index (χ0n) is 9.34. The van der Waals surface area contributed by atoms with Crippen LogP contribution in [-0.2, 0) is 0 Å². The Morgan fingerprint density at radius 1 is 0.889 bits per heavy atom. The molecule has 18 heavy (non-hydrogen) atoms. The molecule has 0 radical (unpaired) electrons. The normalized spacial score (nSPS) is 11.6. The van der Waals surface area contributed by atoms with E-state index in [1.807, 2.05) is 24.3 Å². The summed E-state index contributed by atoms with van der Waals surface area (Å²) in [5.74, 6) is 0.550. The molecule has 0 atom stereocenters. The summed E-state index contributed by atoms with van der Waals surface area (Å²) in [7, 11) is 0. The van der Waals surface area contributed by atoms with E-state index in [-0.39, 0.29) is 5.43 Å². The predicted molar refractivity (Wildman–Crippen MR) is 68.9 cm³/mol. The second kappa shape index (κ2) is 3.23. The van der Waals surface area contributed by atoms with Crippen LogP contribution in [0.4, 0.5) is 0 Å². The maximum absolute atomic E-state index is 11.9. The Bertz CT molecular complexity index is 898. The Morgan fingerprint density at radius 3 is 2.72 bits per heavy atom. The Balaban J connectivity index is 2.35. The van der Waals surface area contributed by atoms with Crippen molar-refractivity contribution in [3.63, 3.8) is 0 Å². The fourth-order valence-corrected chi connectivity index (χ4v) is 2.32. The standard InChI is InChI=1S/C15H8O3/c16-11-5-3-7-13-14(11)15-10(8-17-13)9-4-1-2-6-12(9)18-15/h1-8H. The van der Waals surface area contributed by atoms with E-state index < -0.39 is 0 Å². The maximum Gasteiger partial charge on any atom is 0.193 e. The third-order valence-corrected chi connectivity index (χ3v) is 3.15. The number of hydrogen-bond acceptors (Lipinski definition) is 3. The summed E-state index contributed by atoms with van der Waals surface area (Å²) in [6.45, 7) is 0. The van der Waals surface area contributed by atoms with E-state index in [9.17, 15) is 4.79 Å². The van der Waals surface area contributed by atoms with Crippen LogP contribution in [0.25, 0.3) is 33.3 Å². The van der Waals surface area contributed by atoms with Crippen molar-refractivity contribution in [1.82, 2.24) is 0 Å². The van der Waals surface area contributed by atoms with E-state index in [1.54, 1.807) is 18.4 Å². The average Bonchev–Trinajstić information content (AvgIpc) is 2.77. The summed E-state index contributed by atoms with van der Waals surface area (Å²) < 4.78 is 11.3. The monoisotopic (exact) mass is 236 g/mol. The second-order valence-electron chi connectivity index (χ2n) is 4.21. The van der Waals surface area contributed by atoms with Crippen LogP contribution in [0.5, 0.6) is 0 Å². The third-order valence-electron chi connectivity index (χ3n) is 3.15. The van der Waals surface area contributed by atoms with E-state index in [1.165, 1.54) is 6.07 Å². The Labute approximate surface area is 102 Å². The molecule has 0 unspecified atom stereocenters. The molecule has 4 rings (SSSR count). The molecular weight excluding hydrogens is 228 g/mol. The minimum absolute atomic E-state index is 0.0825. The van der Waals surface area contributed by atoms with Crippen LogP contribution in [0.1, 0.15) is 0 Å². The first-order chi connectivity index (χ1) is 8.84. The van der Waals surface area contributed by atoms with Crippen molar-refractivity contribution in [3.05, 3.63) is 59.0 Å². The minimum atomic E-state index is -0.0825. The summed E-state index contributed by atoms with van der Waals surface area (Å²) in [5.41, 5.74) is 1.79. The highest BCUT2D eigenvalue weighted by molar-refractivity contribution is 6.08. The van der Waals surface area contributed by atoms with Gasteiger partial charge in [0.1, 0.15) is 23.2 Å². The molecule has 3 heteroatoms. The molecule has 0 spiro atoms. The third kappa shape index (κ3) is 1.10. The highest BCUT2D eigenvalue weighted by Gasteiger charge is 2.17. The highest BCUT2D eigenvalue weighted by Crippen LogP contribution is 2.35. The van der Waals surface area contributed by atoms with Gasteiger partial charge in [0.15, 0.2) is 11.0 Å². The SMILES string of the molecule is O=c1cccc2occ3c(oc4ccccc43)c1-2. The number of benzene rings is 2. The van der Waals surface area contributed by atoms with Crippen molar-refractivity contribution in [2.75, 3.05) is 0 Å². The van der Waals surface area contributed by atoms with Crippen molar-refractivity contribution in [1.29, 1.82) is 0 Å². The molecule has 0 N–H and O–H groups in total. The minimum Gasteiger partial charge on any atom is -0.463 e. The van der Waals surface area contributed by atoms with Gasteiger partial charge in [0.05, 0.1) is 5.39 Å². The molecular formula is C15H8O3. The first-order valence-corrected chi connectivity index (χ1v) is 5.66. The van der Waals surface area contributed by atoms with Gasteiger partial charge in [-0.2, -0.15) is 0 Å². The number of furan rings is 1. The molecule has 1 aromatic heterocycles. The van der Waals surface area contributed by atoms with E-state index in [0.717, 1.165) is 16.4 Å². The van der Waals surface area contributed by atoms with Crippen molar-refractivity contribution in [2.45, 2.75) is 0 Å². The largest absolute Gasteiger partial charge is 0.463 e. The van der Waals surface area contributed by atoms with E-state index in [4.69, 9.17) is 8.83 Å². The van der Waals surface area contributed by atoms with Crippen molar-refractivity contribution in [2.24, 2.45) is 0 Å². The van der Waals surface area contributed by atoms with E-state index in [0.29, 0.717) is 16.9 Å². The van der Waals surface area contributed by atoms with Crippen LogP contribution >= 0.6 is 0 Å². The van der Waals surface area contributed by atoms with Gasteiger partial charge in [-0.3, -0.25) is 4.79 Å². The number of hydrogen-bond donors (Lipinski definition) is 0. The first kappa shape index (κ1) is 9.48. The summed E-state index contributed by atoms with van der Waals surface area (Å²) in [5, 5.41) is 1.79. The molecule has 2 heterocycles. The summed E-state index contributed by atoms with van der Waals surface area (Å²) >= 11 is 0. The van der Waals surface area contributed by atoms with Gasteiger partial charge < -0.3 is 8.83 Å². The number of para-hydroxylation sites is 1. The maximum atomic E-state index is 11.9. The average molecular weight is 236 g/mol.